The minimum absolute atomic E-state index is 0.413. The molecule has 1 aliphatic carbocycles. The number of rotatable bonds is 0. The van der Waals surface area contributed by atoms with Crippen molar-refractivity contribution in [2.45, 2.75) is 25.7 Å². The van der Waals surface area contributed by atoms with Crippen molar-refractivity contribution in [1.82, 2.24) is 0 Å². The van der Waals surface area contributed by atoms with Gasteiger partial charge in [-0.1, -0.05) is 15.9 Å². The van der Waals surface area contributed by atoms with Gasteiger partial charge in [-0.2, -0.15) is 0 Å². The van der Waals surface area contributed by atoms with Gasteiger partial charge in [0.05, 0.1) is 11.3 Å². The summed E-state index contributed by atoms with van der Waals surface area (Å²) in [5.41, 5.74) is 3.68. The van der Waals surface area contributed by atoms with Crippen molar-refractivity contribution in [3.63, 3.8) is 0 Å². The molecule has 1 aliphatic heterocycles. The van der Waals surface area contributed by atoms with Crippen LogP contribution < -0.4 is 5.32 Å². The molecule has 4 heteroatoms. The van der Waals surface area contributed by atoms with E-state index in [1.807, 2.05) is 0 Å². The predicted molar refractivity (Wildman–Crippen MR) is 63.7 cm³/mol. The Morgan fingerprint density at radius 3 is 2.56 bits per heavy atom. The highest BCUT2D eigenvalue weighted by atomic mass is 79.9. The molecule has 0 bridgehead atoms. The van der Waals surface area contributed by atoms with Gasteiger partial charge in [0.1, 0.15) is 0 Å². The van der Waals surface area contributed by atoms with Crippen LogP contribution in [-0.4, -0.2) is 11.7 Å². The molecule has 0 unspecified atom stereocenters. The number of halogens is 1. The van der Waals surface area contributed by atoms with E-state index in [1.165, 1.54) is 12.0 Å². The van der Waals surface area contributed by atoms with Crippen LogP contribution >= 0.6 is 15.9 Å². The third-order valence-electron chi connectivity index (χ3n) is 3.29. The van der Waals surface area contributed by atoms with E-state index in [0.717, 1.165) is 35.0 Å². The zero-order chi connectivity index (χ0) is 11.3. The quantitative estimate of drug-likeness (QED) is 0.742. The minimum atomic E-state index is -0.499. The molecule has 2 aliphatic rings. The summed E-state index contributed by atoms with van der Waals surface area (Å²) in [7, 11) is 0. The molecule has 1 heterocycles. The molecule has 3 nitrogen and oxygen atoms in total. The average molecular weight is 280 g/mol. The van der Waals surface area contributed by atoms with Crippen LogP contribution in [0, 0.1) is 0 Å². The second kappa shape index (κ2) is 3.42. The molecule has 1 N–H and O–H groups in total. The van der Waals surface area contributed by atoms with Crippen molar-refractivity contribution < 1.29 is 9.59 Å². The molecule has 0 aromatic heterocycles. The summed E-state index contributed by atoms with van der Waals surface area (Å²) >= 11 is 3.49. The average Bonchev–Trinajstić information content (AvgIpc) is 2.57. The van der Waals surface area contributed by atoms with Crippen molar-refractivity contribution in [1.29, 1.82) is 0 Å². The summed E-state index contributed by atoms with van der Waals surface area (Å²) in [4.78, 5) is 23.0. The normalized spacial score (nSPS) is 18.1. The van der Waals surface area contributed by atoms with Gasteiger partial charge in [-0.25, -0.2) is 0 Å². The molecule has 16 heavy (non-hydrogen) atoms. The van der Waals surface area contributed by atoms with E-state index in [4.69, 9.17) is 0 Å². The fraction of sp³-hybridized carbons (Fsp3) is 0.333. The Bertz CT molecular complexity index is 522. The number of fused-ring (bicyclic) bond motifs is 3. The van der Waals surface area contributed by atoms with E-state index in [2.05, 4.69) is 21.2 Å². The smallest absolute Gasteiger partial charge is 0.296 e. The molecule has 82 valence electrons. The van der Waals surface area contributed by atoms with Crippen LogP contribution in [0.2, 0.25) is 0 Å². The lowest BCUT2D eigenvalue weighted by Crippen LogP contribution is -2.12. The monoisotopic (exact) mass is 279 g/mol. The van der Waals surface area contributed by atoms with E-state index < -0.39 is 11.7 Å². The van der Waals surface area contributed by atoms with Gasteiger partial charge in [0.25, 0.3) is 11.7 Å². The Hall–Kier alpha value is -1.16. The lowest BCUT2D eigenvalue weighted by Gasteiger charge is -2.20. The molecule has 1 aromatic rings. The van der Waals surface area contributed by atoms with Gasteiger partial charge in [-0.05, 0) is 42.9 Å². The number of amides is 1. The van der Waals surface area contributed by atoms with Gasteiger partial charge >= 0.3 is 0 Å². The van der Waals surface area contributed by atoms with Gasteiger partial charge in [-0.15, -0.1) is 0 Å². The molecule has 0 atom stereocenters. The van der Waals surface area contributed by atoms with Crippen molar-refractivity contribution >= 4 is 33.3 Å². The minimum Gasteiger partial charge on any atom is -0.318 e. The number of anilines is 1. The molecule has 1 aromatic carbocycles. The Morgan fingerprint density at radius 1 is 1.12 bits per heavy atom. The van der Waals surface area contributed by atoms with Crippen molar-refractivity contribution in [3.05, 3.63) is 27.2 Å². The number of carbonyl (C=O) groups excluding carboxylic acids is 2. The SMILES string of the molecule is O=C1Nc2c(cc(Br)c3c2CCCC3)C1=O. The number of nitrogens with one attached hydrogen (secondary N) is 1. The lowest BCUT2D eigenvalue weighted by atomic mass is 9.89. The highest BCUT2D eigenvalue weighted by Crippen LogP contribution is 2.38. The van der Waals surface area contributed by atoms with Gasteiger partial charge < -0.3 is 5.32 Å². The Labute approximate surface area is 101 Å². The maximum absolute atomic E-state index is 11.6. The van der Waals surface area contributed by atoms with Crippen LogP contribution in [0.5, 0.6) is 0 Å². The third-order valence-corrected chi connectivity index (χ3v) is 4.00. The summed E-state index contributed by atoms with van der Waals surface area (Å²) in [6, 6.07) is 1.78. The van der Waals surface area contributed by atoms with Crippen molar-refractivity contribution in [2.24, 2.45) is 0 Å². The first kappa shape index (κ1) is 10.0. The Balaban J connectivity index is 2.27. The highest BCUT2D eigenvalue weighted by Gasteiger charge is 2.32. The summed E-state index contributed by atoms with van der Waals surface area (Å²) < 4.78 is 0.964. The van der Waals surface area contributed by atoms with Crippen LogP contribution in [0.3, 0.4) is 0 Å². The zero-order valence-corrected chi connectivity index (χ0v) is 10.2. The fourth-order valence-corrected chi connectivity index (χ4v) is 3.17. The topological polar surface area (TPSA) is 46.2 Å². The highest BCUT2D eigenvalue weighted by molar-refractivity contribution is 9.10. The maximum Gasteiger partial charge on any atom is 0.296 e. The van der Waals surface area contributed by atoms with E-state index in [-0.39, 0.29) is 0 Å². The summed E-state index contributed by atoms with van der Waals surface area (Å²) in [6.45, 7) is 0. The number of benzene rings is 1. The van der Waals surface area contributed by atoms with Gasteiger partial charge in [0, 0.05) is 4.47 Å². The first-order chi connectivity index (χ1) is 7.68. The third kappa shape index (κ3) is 1.26. The molecule has 3 rings (SSSR count). The predicted octanol–water partition coefficient (Wildman–Crippen LogP) is 2.46. The van der Waals surface area contributed by atoms with Gasteiger partial charge in [0.2, 0.25) is 0 Å². The van der Waals surface area contributed by atoms with Crippen LogP contribution in [0.4, 0.5) is 5.69 Å². The number of carbonyl (C=O) groups is 2. The van der Waals surface area contributed by atoms with Crippen molar-refractivity contribution in [2.75, 3.05) is 5.32 Å². The number of hydrogen-bond acceptors (Lipinski definition) is 2. The molecule has 1 amide bonds. The van der Waals surface area contributed by atoms with Gasteiger partial charge in [0.15, 0.2) is 0 Å². The Morgan fingerprint density at radius 2 is 1.81 bits per heavy atom. The van der Waals surface area contributed by atoms with Crippen LogP contribution in [0.15, 0.2) is 10.5 Å². The van der Waals surface area contributed by atoms with Crippen LogP contribution in [0.25, 0.3) is 0 Å². The second-order valence-electron chi connectivity index (χ2n) is 4.23. The second-order valence-corrected chi connectivity index (χ2v) is 5.08. The molecular formula is C12H10BrNO2. The van der Waals surface area contributed by atoms with Crippen LogP contribution in [-0.2, 0) is 17.6 Å². The van der Waals surface area contributed by atoms with E-state index in [0.29, 0.717) is 5.56 Å². The largest absolute Gasteiger partial charge is 0.318 e. The standard InChI is InChI=1S/C12H10BrNO2/c13-9-5-8-10(14-12(16)11(8)15)7-4-2-1-3-6(7)9/h5H,1-4H2,(H,14,15,16). The summed E-state index contributed by atoms with van der Waals surface area (Å²) in [6.07, 6.45) is 4.27. The molecule has 0 saturated carbocycles. The first-order valence-electron chi connectivity index (χ1n) is 5.38. The maximum atomic E-state index is 11.6. The van der Waals surface area contributed by atoms with E-state index in [9.17, 15) is 9.59 Å². The number of hydrogen-bond donors (Lipinski definition) is 1. The summed E-state index contributed by atoms with van der Waals surface area (Å²) in [5.74, 6) is -0.912. The van der Waals surface area contributed by atoms with E-state index >= 15 is 0 Å². The fourth-order valence-electron chi connectivity index (χ4n) is 2.51. The summed E-state index contributed by atoms with van der Waals surface area (Å²) in [5, 5.41) is 2.69. The van der Waals surface area contributed by atoms with Crippen molar-refractivity contribution in [3.8, 4) is 0 Å². The lowest BCUT2D eigenvalue weighted by molar-refractivity contribution is -0.112. The van der Waals surface area contributed by atoms with Gasteiger partial charge in [-0.3, -0.25) is 9.59 Å². The number of ketones is 1. The van der Waals surface area contributed by atoms with Crippen LogP contribution in [0.1, 0.15) is 34.3 Å². The van der Waals surface area contributed by atoms with E-state index in [1.54, 1.807) is 6.07 Å². The zero-order valence-electron chi connectivity index (χ0n) is 8.60. The number of Topliss-reactive ketones (excluding diaryl/α,β-unsaturated/α-hetero) is 1. The molecule has 0 radical (unpaired) electrons. The Kier molecular flexibility index (Phi) is 2.14. The molecule has 0 fully saturated rings. The molecule has 0 saturated heterocycles. The molecule has 0 spiro atoms. The molecular weight excluding hydrogens is 270 g/mol. The first-order valence-corrected chi connectivity index (χ1v) is 6.17.